The summed E-state index contributed by atoms with van der Waals surface area (Å²) in [6, 6.07) is 4.44. The average molecular weight is 405 g/mol. The number of furan rings is 1. The molecule has 1 amide bonds. The molecule has 0 aliphatic carbocycles. The normalized spacial score (nSPS) is 21.0. The molecule has 4 heterocycles. The fourth-order valence-electron chi connectivity index (χ4n) is 3.62. The van der Waals surface area contributed by atoms with Crippen LogP contribution in [0.25, 0.3) is 0 Å². The number of nitrogens with one attached hydrogen (secondary N) is 1. The minimum atomic E-state index is -3.67. The summed E-state index contributed by atoms with van der Waals surface area (Å²) in [5, 5.41) is 2.75. The molecular formula is C18H23N5O4S. The Morgan fingerprint density at radius 3 is 2.61 bits per heavy atom. The maximum atomic E-state index is 12.6. The Morgan fingerprint density at radius 2 is 1.86 bits per heavy atom. The molecule has 1 atom stereocenters. The third-order valence-electron chi connectivity index (χ3n) is 5.06. The number of amides is 1. The number of nitrogens with zero attached hydrogens (tertiary/aromatic N) is 4. The van der Waals surface area contributed by atoms with E-state index < -0.39 is 15.9 Å². The van der Waals surface area contributed by atoms with E-state index >= 15 is 0 Å². The SMILES string of the molecule is O=C(N[C@H]1CCCN(c2ncccn2)C1)c1ccc(S(=O)(=O)N2CCCC2)o1. The van der Waals surface area contributed by atoms with E-state index in [-0.39, 0.29) is 16.9 Å². The van der Waals surface area contributed by atoms with Crippen molar-refractivity contribution >= 4 is 21.9 Å². The van der Waals surface area contributed by atoms with Gasteiger partial charge in [-0.1, -0.05) is 0 Å². The lowest BCUT2D eigenvalue weighted by Crippen LogP contribution is -2.48. The lowest BCUT2D eigenvalue weighted by Gasteiger charge is -2.32. The predicted molar refractivity (Wildman–Crippen MR) is 101 cm³/mol. The van der Waals surface area contributed by atoms with Crippen molar-refractivity contribution in [2.45, 2.75) is 36.8 Å². The smallest absolute Gasteiger partial charge is 0.287 e. The Kier molecular flexibility index (Phi) is 5.31. The van der Waals surface area contributed by atoms with Gasteiger partial charge in [0.05, 0.1) is 0 Å². The van der Waals surface area contributed by atoms with Gasteiger partial charge in [-0.3, -0.25) is 4.79 Å². The van der Waals surface area contributed by atoms with Gasteiger partial charge in [0, 0.05) is 44.6 Å². The highest BCUT2D eigenvalue weighted by molar-refractivity contribution is 7.89. The van der Waals surface area contributed by atoms with Gasteiger partial charge < -0.3 is 14.6 Å². The summed E-state index contributed by atoms with van der Waals surface area (Å²) in [6.45, 7) is 2.40. The first-order valence-corrected chi connectivity index (χ1v) is 10.9. The van der Waals surface area contributed by atoms with Crippen LogP contribution < -0.4 is 10.2 Å². The molecule has 0 saturated carbocycles. The molecule has 0 aromatic carbocycles. The van der Waals surface area contributed by atoms with Crippen LogP contribution in [0.15, 0.2) is 40.1 Å². The van der Waals surface area contributed by atoms with Gasteiger partial charge in [0.25, 0.3) is 15.9 Å². The zero-order valence-corrected chi connectivity index (χ0v) is 16.3. The number of anilines is 1. The van der Waals surface area contributed by atoms with Gasteiger partial charge in [-0.05, 0) is 43.9 Å². The van der Waals surface area contributed by atoms with Crippen LogP contribution in [0.3, 0.4) is 0 Å². The zero-order valence-electron chi connectivity index (χ0n) is 15.5. The highest BCUT2D eigenvalue weighted by Crippen LogP contribution is 2.23. The van der Waals surface area contributed by atoms with Gasteiger partial charge in [0.2, 0.25) is 11.0 Å². The number of carbonyl (C=O) groups is 1. The van der Waals surface area contributed by atoms with Crippen molar-refractivity contribution in [3.63, 3.8) is 0 Å². The molecule has 2 aromatic heterocycles. The molecule has 10 heteroatoms. The Morgan fingerprint density at radius 1 is 1.11 bits per heavy atom. The first kappa shape index (κ1) is 18.9. The Hall–Kier alpha value is -2.46. The van der Waals surface area contributed by atoms with E-state index in [1.165, 1.54) is 16.4 Å². The zero-order chi connectivity index (χ0) is 19.6. The van der Waals surface area contributed by atoms with E-state index in [0.29, 0.717) is 25.6 Å². The van der Waals surface area contributed by atoms with Gasteiger partial charge in [-0.15, -0.1) is 0 Å². The Balaban J connectivity index is 1.41. The number of sulfonamides is 1. The summed E-state index contributed by atoms with van der Waals surface area (Å²) in [4.78, 5) is 23.1. The molecule has 150 valence electrons. The lowest BCUT2D eigenvalue weighted by molar-refractivity contribution is 0.0899. The number of piperidine rings is 1. The molecule has 4 rings (SSSR count). The third kappa shape index (κ3) is 3.88. The van der Waals surface area contributed by atoms with E-state index in [2.05, 4.69) is 15.3 Å². The van der Waals surface area contributed by atoms with Gasteiger partial charge in [-0.2, -0.15) is 4.31 Å². The van der Waals surface area contributed by atoms with Crippen molar-refractivity contribution in [2.24, 2.45) is 0 Å². The molecule has 28 heavy (non-hydrogen) atoms. The number of rotatable bonds is 5. The van der Waals surface area contributed by atoms with Crippen LogP contribution in [0, 0.1) is 0 Å². The molecule has 2 aliphatic rings. The predicted octanol–water partition coefficient (Wildman–Crippen LogP) is 1.25. The maximum Gasteiger partial charge on any atom is 0.287 e. The number of hydrogen-bond acceptors (Lipinski definition) is 7. The number of carbonyl (C=O) groups excluding carboxylic acids is 1. The van der Waals surface area contributed by atoms with Crippen LogP contribution in [-0.4, -0.2) is 60.8 Å². The minimum Gasteiger partial charge on any atom is -0.438 e. The van der Waals surface area contributed by atoms with Gasteiger partial charge >= 0.3 is 0 Å². The van der Waals surface area contributed by atoms with E-state index in [0.717, 1.165) is 32.2 Å². The van der Waals surface area contributed by atoms with Gasteiger partial charge in [0.1, 0.15) is 0 Å². The minimum absolute atomic E-state index is 0.00542. The van der Waals surface area contributed by atoms with Crippen molar-refractivity contribution in [1.82, 2.24) is 19.6 Å². The van der Waals surface area contributed by atoms with Gasteiger partial charge in [0.15, 0.2) is 5.76 Å². The van der Waals surface area contributed by atoms with Crippen LogP contribution in [0.5, 0.6) is 0 Å². The van der Waals surface area contributed by atoms with Crippen LogP contribution in [0.2, 0.25) is 0 Å². The first-order valence-electron chi connectivity index (χ1n) is 9.47. The molecule has 0 bridgehead atoms. The molecular weight excluding hydrogens is 382 g/mol. The Bertz CT molecular complexity index is 924. The average Bonchev–Trinajstić information content (AvgIpc) is 3.41. The highest BCUT2D eigenvalue weighted by atomic mass is 32.2. The summed E-state index contributed by atoms with van der Waals surface area (Å²) >= 11 is 0. The lowest BCUT2D eigenvalue weighted by atomic mass is 10.1. The van der Waals surface area contributed by atoms with E-state index in [1.54, 1.807) is 18.5 Å². The van der Waals surface area contributed by atoms with Crippen molar-refractivity contribution in [2.75, 3.05) is 31.1 Å². The van der Waals surface area contributed by atoms with E-state index in [1.807, 2.05) is 4.90 Å². The molecule has 1 N–H and O–H groups in total. The molecule has 2 aromatic rings. The molecule has 0 unspecified atom stereocenters. The van der Waals surface area contributed by atoms with Crippen molar-refractivity contribution < 1.29 is 17.6 Å². The van der Waals surface area contributed by atoms with Gasteiger partial charge in [-0.25, -0.2) is 18.4 Å². The fourth-order valence-corrected chi connectivity index (χ4v) is 5.05. The van der Waals surface area contributed by atoms with E-state index in [4.69, 9.17) is 4.42 Å². The standard InChI is InChI=1S/C18H23N5O4S/c24-17(15-6-7-16(27-15)28(25,26)23-11-1-2-12-23)21-14-5-3-10-22(13-14)18-19-8-4-9-20-18/h4,6-9,14H,1-3,5,10-13H2,(H,21,24)/t14-/m0/s1. The molecule has 9 nitrogen and oxygen atoms in total. The van der Waals surface area contributed by atoms with Crippen LogP contribution in [0.1, 0.15) is 36.2 Å². The fraction of sp³-hybridized carbons (Fsp3) is 0.500. The number of hydrogen-bond donors (Lipinski definition) is 1. The second kappa shape index (κ2) is 7.88. The second-order valence-electron chi connectivity index (χ2n) is 7.04. The Labute approximate surface area is 163 Å². The molecule has 0 radical (unpaired) electrons. The maximum absolute atomic E-state index is 12.6. The molecule has 0 spiro atoms. The summed E-state index contributed by atoms with van der Waals surface area (Å²) in [6.07, 6.45) is 6.79. The first-order chi connectivity index (χ1) is 13.5. The van der Waals surface area contributed by atoms with Crippen molar-refractivity contribution in [3.8, 4) is 0 Å². The van der Waals surface area contributed by atoms with Crippen LogP contribution in [-0.2, 0) is 10.0 Å². The highest BCUT2D eigenvalue weighted by Gasteiger charge is 2.31. The summed E-state index contributed by atoms with van der Waals surface area (Å²) in [7, 11) is -3.67. The third-order valence-corrected chi connectivity index (χ3v) is 6.83. The molecule has 2 aliphatic heterocycles. The molecule has 2 saturated heterocycles. The summed E-state index contributed by atoms with van der Waals surface area (Å²) < 4.78 is 31.9. The molecule has 2 fully saturated rings. The summed E-state index contributed by atoms with van der Waals surface area (Å²) in [5.41, 5.74) is 0. The van der Waals surface area contributed by atoms with Crippen molar-refractivity contribution in [3.05, 3.63) is 36.4 Å². The quantitative estimate of drug-likeness (QED) is 0.797. The van der Waals surface area contributed by atoms with E-state index in [9.17, 15) is 13.2 Å². The largest absolute Gasteiger partial charge is 0.438 e. The second-order valence-corrected chi connectivity index (χ2v) is 8.91. The topological polar surface area (TPSA) is 109 Å². The van der Waals surface area contributed by atoms with Crippen molar-refractivity contribution in [1.29, 1.82) is 0 Å². The van der Waals surface area contributed by atoms with Crippen LogP contribution in [0.4, 0.5) is 5.95 Å². The van der Waals surface area contributed by atoms with Crippen LogP contribution >= 0.6 is 0 Å². The number of aromatic nitrogens is 2. The monoisotopic (exact) mass is 405 g/mol. The summed E-state index contributed by atoms with van der Waals surface area (Å²) in [5.74, 6) is 0.230.